The van der Waals surface area contributed by atoms with E-state index in [1.54, 1.807) is 35.6 Å². The minimum Gasteiger partial charge on any atom is -0.469 e. The second kappa shape index (κ2) is 4.38. The molecule has 0 bridgehead atoms. The zero-order valence-electron chi connectivity index (χ0n) is 11.6. The molecule has 2 heterocycles. The van der Waals surface area contributed by atoms with Gasteiger partial charge in [-0.05, 0) is 30.7 Å². The maximum Gasteiger partial charge on any atom is 0.328 e. The van der Waals surface area contributed by atoms with Crippen molar-refractivity contribution in [2.75, 3.05) is 0 Å². The Bertz CT molecular complexity index is 839. The van der Waals surface area contributed by atoms with Gasteiger partial charge in [-0.2, -0.15) is 0 Å². The van der Waals surface area contributed by atoms with Crippen molar-refractivity contribution in [1.82, 2.24) is 9.13 Å². The van der Waals surface area contributed by atoms with Gasteiger partial charge in [0.2, 0.25) is 0 Å². The minimum atomic E-state index is -0.756. The first-order valence-corrected chi connectivity index (χ1v) is 6.38. The molecule has 1 N–H and O–H groups in total. The third-order valence-electron chi connectivity index (χ3n) is 3.81. The van der Waals surface area contributed by atoms with Gasteiger partial charge in [-0.1, -0.05) is 6.07 Å². The Morgan fingerprint density at radius 3 is 2.50 bits per heavy atom. The SMILES string of the molecule is Cc1occc1C(O)c1ccc2c(c1)n(C)c(=O)n2C. The molecule has 0 aliphatic rings. The molecular formula is C15H16N2O3. The van der Waals surface area contributed by atoms with E-state index in [2.05, 4.69) is 0 Å². The molecule has 0 aliphatic heterocycles. The lowest BCUT2D eigenvalue weighted by Gasteiger charge is -2.10. The monoisotopic (exact) mass is 272 g/mol. The van der Waals surface area contributed by atoms with Crippen molar-refractivity contribution >= 4 is 11.0 Å². The highest BCUT2D eigenvalue weighted by molar-refractivity contribution is 5.77. The summed E-state index contributed by atoms with van der Waals surface area (Å²) in [5.41, 5.74) is 3.05. The van der Waals surface area contributed by atoms with Crippen molar-refractivity contribution in [3.05, 3.63) is 57.9 Å². The summed E-state index contributed by atoms with van der Waals surface area (Å²) >= 11 is 0. The Hall–Kier alpha value is -2.27. The molecule has 0 saturated carbocycles. The van der Waals surface area contributed by atoms with Gasteiger partial charge in [0.1, 0.15) is 11.9 Å². The number of aromatic nitrogens is 2. The minimum absolute atomic E-state index is 0.0777. The number of rotatable bonds is 2. The molecule has 0 aliphatic carbocycles. The summed E-state index contributed by atoms with van der Waals surface area (Å²) in [5.74, 6) is 0.694. The molecule has 0 amide bonds. The van der Waals surface area contributed by atoms with E-state index in [-0.39, 0.29) is 5.69 Å². The number of hydrogen-bond donors (Lipinski definition) is 1. The van der Waals surface area contributed by atoms with Crippen LogP contribution in [0, 0.1) is 6.92 Å². The zero-order chi connectivity index (χ0) is 14.4. The van der Waals surface area contributed by atoms with Gasteiger partial charge in [0.25, 0.3) is 0 Å². The van der Waals surface area contributed by atoms with E-state index in [1.807, 2.05) is 25.1 Å². The lowest BCUT2D eigenvalue weighted by molar-refractivity contribution is 0.218. The van der Waals surface area contributed by atoms with Crippen LogP contribution in [0.3, 0.4) is 0 Å². The van der Waals surface area contributed by atoms with E-state index in [4.69, 9.17) is 4.42 Å². The largest absolute Gasteiger partial charge is 0.469 e. The molecule has 0 radical (unpaired) electrons. The van der Waals surface area contributed by atoms with Gasteiger partial charge >= 0.3 is 5.69 Å². The third kappa shape index (κ3) is 1.71. The highest BCUT2D eigenvalue weighted by Gasteiger charge is 2.17. The van der Waals surface area contributed by atoms with Crippen molar-refractivity contribution < 1.29 is 9.52 Å². The van der Waals surface area contributed by atoms with E-state index in [0.717, 1.165) is 22.2 Å². The smallest absolute Gasteiger partial charge is 0.328 e. The summed E-state index contributed by atoms with van der Waals surface area (Å²) in [6.45, 7) is 1.81. The molecule has 5 heteroatoms. The Balaban J connectivity index is 2.17. The van der Waals surface area contributed by atoms with Crippen molar-refractivity contribution in [2.24, 2.45) is 14.1 Å². The predicted octanol–water partition coefficient (Wildman–Crippen LogP) is 1.86. The topological polar surface area (TPSA) is 60.3 Å². The number of fused-ring (bicyclic) bond motifs is 1. The molecule has 20 heavy (non-hydrogen) atoms. The van der Waals surface area contributed by atoms with Crippen LogP contribution in [0.5, 0.6) is 0 Å². The van der Waals surface area contributed by atoms with Crippen LogP contribution in [0.2, 0.25) is 0 Å². The van der Waals surface area contributed by atoms with Crippen molar-refractivity contribution in [2.45, 2.75) is 13.0 Å². The number of aliphatic hydroxyl groups is 1. The van der Waals surface area contributed by atoms with Gasteiger partial charge in [-0.25, -0.2) is 4.79 Å². The standard InChI is InChI=1S/C15H16N2O3/c1-9-11(6-7-20-9)14(18)10-4-5-12-13(8-10)17(3)15(19)16(12)2/h4-8,14,18H,1-3H3. The first-order chi connectivity index (χ1) is 9.50. The molecule has 3 rings (SSSR count). The van der Waals surface area contributed by atoms with Gasteiger partial charge in [-0.3, -0.25) is 9.13 Å². The first kappa shape index (κ1) is 12.7. The molecule has 0 spiro atoms. The van der Waals surface area contributed by atoms with Gasteiger partial charge in [0, 0.05) is 19.7 Å². The van der Waals surface area contributed by atoms with E-state index in [0.29, 0.717) is 5.76 Å². The number of furan rings is 1. The van der Waals surface area contributed by atoms with Gasteiger partial charge in [0.15, 0.2) is 0 Å². The Morgan fingerprint density at radius 1 is 1.15 bits per heavy atom. The number of aliphatic hydroxyl groups excluding tert-OH is 1. The van der Waals surface area contributed by atoms with Crippen molar-refractivity contribution in [1.29, 1.82) is 0 Å². The summed E-state index contributed by atoms with van der Waals surface area (Å²) in [7, 11) is 3.46. The van der Waals surface area contributed by atoms with Crippen LogP contribution in [0.1, 0.15) is 23.0 Å². The van der Waals surface area contributed by atoms with Gasteiger partial charge in [0.05, 0.1) is 17.3 Å². The highest BCUT2D eigenvalue weighted by atomic mass is 16.3. The quantitative estimate of drug-likeness (QED) is 0.774. The second-order valence-corrected chi connectivity index (χ2v) is 4.98. The fraction of sp³-hybridized carbons (Fsp3) is 0.267. The number of aryl methyl sites for hydroxylation is 3. The summed E-state index contributed by atoms with van der Waals surface area (Å²) < 4.78 is 8.39. The van der Waals surface area contributed by atoms with Crippen molar-refractivity contribution in [3.63, 3.8) is 0 Å². The summed E-state index contributed by atoms with van der Waals surface area (Å²) in [5, 5.41) is 10.4. The van der Waals surface area contributed by atoms with Crippen LogP contribution >= 0.6 is 0 Å². The van der Waals surface area contributed by atoms with Crippen LogP contribution in [0.4, 0.5) is 0 Å². The molecule has 3 aromatic rings. The summed E-state index contributed by atoms with van der Waals surface area (Å²) in [6, 6.07) is 7.28. The number of imidazole rings is 1. The fourth-order valence-electron chi connectivity index (χ4n) is 2.55. The average molecular weight is 272 g/mol. The fourth-order valence-corrected chi connectivity index (χ4v) is 2.55. The van der Waals surface area contributed by atoms with E-state index in [9.17, 15) is 9.90 Å². The van der Waals surface area contributed by atoms with E-state index < -0.39 is 6.10 Å². The van der Waals surface area contributed by atoms with Crippen LogP contribution < -0.4 is 5.69 Å². The van der Waals surface area contributed by atoms with Crippen molar-refractivity contribution in [3.8, 4) is 0 Å². The molecule has 0 saturated heterocycles. The first-order valence-electron chi connectivity index (χ1n) is 6.38. The molecule has 1 unspecified atom stereocenters. The van der Waals surface area contributed by atoms with E-state index in [1.165, 1.54) is 0 Å². The zero-order valence-corrected chi connectivity index (χ0v) is 11.6. The van der Waals surface area contributed by atoms with Crippen LogP contribution in [-0.4, -0.2) is 14.2 Å². The highest BCUT2D eigenvalue weighted by Crippen LogP contribution is 2.27. The number of nitrogens with zero attached hydrogens (tertiary/aromatic N) is 2. The maximum absolute atomic E-state index is 11.9. The van der Waals surface area contributed by atoms with Crippen LogP contribution in [0.25, 0.3) is 11.0 Å². The Labute approximate surface area is 115 Å². The summed E-state index contributed by atoms with van der Waals surface area (Å²) in [4.78, 5) is 11.9. The molecular weight excluding hydrogens is 256 g/mol. The van der Waals surface area contributed by atoms with Crippen LogP contribution in [0.15, 0.2) is 39.7 Å². The lowest BCUT2D eigenvalue weighted by atomic mass is 10.0. The second-order valence-electron chi connectivity index (χ2n) is 4.98. The Morgan fingerprint density at radius 2 is 1.85 bits per heavy atom. The van der Waals surface area contributed by atoms with Crippen LogP contribution in [-0.2, 0) is 14.1 Å². The molecule has 104 valence electrons. The molecule has 1 atom stereocenters. The number of benzene rings is 1. The normalized spacial score (nSPS) is 13.0. The molecule has 0 fully saturated rings. The van der Waals surface area contributed by atoms with Gasteiger partial charge < -0.3 is 9.52 Å². The third-order valence-corrected chi connectivity index (χ3v) is 3.81. The predicted molar refractivity (Wildman–Crippen MR) is 75.7 cm³/mol. The maximum atomic E-state index is 11.9. The Kier molecular flexibility index (Phi) is 2.79. The summed E-state index contributed by atoms with van der Waals surface area (Å²) in [6.07, 6.45) is 0.804. The van der Waals surface area contributed by atoms with E-state index >= 15 is 0 Å². The lowest BCUT2D eigenvalue weighted by Crippen LogP contribution is -2.19. The average Bonchev–Trinajstić information content (AvgIpc) is 2.97. The molecule has 1 aromatic carbocycles. The molecule has 5 nitrogen and oxygen atoms in total. The van der Waals surface area contributed by atoms with Gasteiger partial charge in [-0.15, -0.1) is 0 Å². The molecule has 2 aromatic heterocycles. The number of hydrogen-bond acceptors (Lipinski definition) is 3.